The second-order valence-corrected chi connectivity index (χ2v) is 26.1. The first-order valence-electron chi connectivity index (χ1n) is 17.9. The molecule has 1 aliphatic heterocycles. The van der Waals surface area contributed by atoms with Gasteiger partial charge in [-0.1, -0.05) is 133 Å². The predicted octanol–water partition coefficient (Wildman–Crippen LogP) is 8.94. The van der Waals surface area contributed by atoms with Gasteiger partial charge in [-0.05, 0) is 72.7 Å². The number of nitrogens with zero attached hydrogens (tertiary/aromatic N) is 1. The standard InChI is InChI=1S/C41H61NO5Si2/c1-39(2,3)46-38(43)42-33(30-44-29-32-21-15-12-16-22-32)27-28-37(36(42)31-45-48(10,11)40(4,5)6)47-49(41(7,8)9,34-23-17-13-18-24-34)35-25-19-14-20-26-35/h12-26,33,36-37H,27-31H2,1-11H3/t33-,36+,37-/m0/s1. The van der Waals surface area contributed by atoms with Crippen LogP contribution in [0.4, 0.5) is 4.79 Å². The molecule has 1 amide bonds. The number of hydrogen-bond donors (Lipinski definition) is 0. The maximum absolute atomic E-state index is 14.4. The van der Waals surface area contributed by atoms with Crippen molar-refractivity contribution in [2.75, 3.05) is 13.2 Å². The highest BCUT2D eigenvalue weighted by Gasteiger charge is 2.54. The molecular formula is C41H61NO5Si2. The molecule has 1 fully saturated rings. The monoisotopic (exact) mass is 703 g/mol. The molecule has 1 heterocycles. The van der Waals surface area contributed by atoms with Gasteiger partial charge in [0.25, 0.3) is 8.32 Å². The van der Waals surface area contributed by atoms with Gasteiger partial charge in [0.05, 0.1) is 38.0 Å². The highest BCUT2D eigenvalue weighted by Crippen LogP contribution is 2.42. The predicted molar refractivity (Wildman–Crippen MR) is 207 cm³/mol. The summed E-state index contributed by atoms with van der Waals surface area (Å²) in [5.74, 6) is 0. The van der Waals surface area contributed by atoms with Crippen molar-refractivity contribution in [3.63, 3.8) is 0 Å². The maximum atomic E-state index is 14.4. The second kappa shape index (κ2) is 15.6. The van der Waals surface area contributed by atoms with E-state index in [1.165, 1.54) is 10.4 Å². The van der Waals surface area contributed by atoms with Gasteiger partial charge in [0, 0.05) is 0 Å². The Morgan fingerprint density at radius 2 is 1.22 bits per heavy atom. The lowest BCUT2D eigenvalue weighted by Gasteiger charge is -2.52. The van der Waals surface area contributed by atoms with Gasteiger partial charge in [0.2, 0.25) is 0 Å². The maximum Gasteiger partial charge on any atom is 0.411 e. The molecule has 3 atom stereocenters. The zero-order chi connectivity index (χ0) is 36.1. The molecule has 0 N–H and O–H groups in total. The van der Waals surface area contributed by atoms with Crippen LogP contribution in [0.2, 0.25) is 23.2 Å². The molecule has 0 radical (unpaired) electrons. The minimum atomic E-state index is -2.95. The van der Waals surface area contributed by atoms with Crippen LogP contribution in [0.25, 0.3) is 0 Å². The fraction of sp³-hybridized carbons (Fsp3) is 0.537. The van der Waals surface area contributed by atoms with Gasteiger partial charge in [0.15, 0.2) is 8.32 Å². The number of amides is 1. The zero-order valence-electron chi connectivity index (χ0n) is 31.9. The van der Waals surface area contributed by atoms with Crippen molar-refractivity contribution in [2.24, 2.45) is 0 Å². The Hall–Kier alpha value is -2.76. The summed E-state index contributed by atoms with van der Waals surface area (Å²) in [6.07, 6.45) is 0.872. The molecule has 1 saturated heterocycles. The molecule has 0 aromatic heterocycles. The van der Waals surface area contributed by atoms with Crippen molar-refractivity contribution in [3.8, 4) is 0 Å². The van der Waals surface area contributed by atoms with Crippen LogP contribution in [0.5, 0.6) is 0 Å². The SMILES string of the molecule is CC(C)(C)OC(=O)N1[C@H](COCc2ccccc2)CC[C@H](O[Si](c2ccccc2)(c2ccccc2)C(C)(C)C)[C@H]1CO[Si](C)(C)C(C)(C)C. The summed E-state index contributed by atoms with van der Waals surface area (Å²) in [5, 5.41) is 2.22. The first-order chi connectivity index (χ1) is 22.9. The first-order valence-corrected chi connectivity index (χ1v) is 22.7. The number of piperidine rings is 1. The van der Waals surface area contributed by atoms with Crippen LogP contribution in [0.3, 0.4) is 0 Å². The molecule has 0 spiro atoms. The number of ether oxygens (including phenoxy) is 2. The molecule has 6 nitrogen and oxygen atoms in total. The van der Waals surface area contributed by atoms with Crippen LogP contribution in [0, 0.1) is 0 Å². The molecule has 0 aliphatic carbocycles. The fourth-order valence-corrected chi connectivity index (χ4v) is 12.3. The minimum Gasteiger partial charge on any atom is -0.444 e. The molecule has 1 aliphatic rings. The molecule has 3 aromatic rings. The number of likely N-dealkylation sites (tertiary alicyclic amines) is 1. The third kappa shape index (κ3) is 9.53. The largest absolute Gasteiger partial charge is 0.444 e. The summed E-state index contributed by atoms with van der Waals surface area (Å²) < 4.78 is 27.3. The number of rotatable bonds is 11. The fourth-order valence-electron chi connectivity index (χ4n) is 6.54. The van der Waals surface area contributed by atoms with Crippen molar-refractivity contribution >= 4 is 33.1 Å². The van der Waals surface area contributed by atoms with Gasteiger partial charge in [-0.2, -0.15) is 0 Å². The third-order valence-corrected chi connectivity index (χ3v) is 19.7. The molecule has 49 heavy (non-hydrogen) atoms. The van der Waals surface area contributed by atoms with Crippen molar-refractivity contribution < 1.29 is 23.1 Å². The summed E-state index contributed by atoms with van der Waals surface area (Å²) in [7, 11) is -5.15. The van der Waals surface area contributed by atoms with E-state index in [2.05, 4.69) is 127 Å². The van der Waals surface area contributed by atoms with Crippen molar-refractivity contribution in [1.82, 2.24) is 4.90 Å². The van der Waals surface area contributed by atoms with Gasteiger partial charge in [-0.15, -0.1) is 0 Å². The molecular weight excluding hydrogens is 643 g/mol. The smallest absolute Gasteiger partial charge is 0.411 e. The summed E-state index contributed by atoms with van der Waals surface area (Å²) in [4.78, 5) is 16.3. The van der Waals surface area contributed by atoms with E-state index in [1.54, 1.807) is 0 Å². The normalized spacial score (nSPS) is 19.5. The van der Waals surface area contributed by atoms with E-state index in [4.69, 9.17) is 18.3 Å². The molecule has 268 valence electrons. The average Bonchev–Trinajstić information content (AvgIpc) is 3.02. The number of hydrogen-bond acceptors (Lipinski definition) is 5. The van der Waals surface area contributed by atoms with Gasteiger partial charge >= 0.3 is 6.09 Å². The van der Waals surface area contributed by atoms with E-state index < -0.39 is 22.2 Å². The van der Waals surface area contributed by atoms with Crippen LogP contribution < -0.4 is 10.4 Å². The second-order valence-electron chi connectivity index (χ2n) is 17.1. The van der Waals surface area contributed by atoms with Gasteiger partial charge in [0.1, 0.15) is 5.60 Å². The minimum absolute atomic E-state index is 0.00492. The Balaban J connectivity index is 1.81. The number of carbonyl (C=O) groups excluding carboxylic acids is 1. The van der Waals surface area contributed by atoms with E-state index in [-0.39, 0.29) is 34.4 Å². The highest BCUT2D eigenvalue weighted by atomic mass is 28.4. The van der Waals surface area contributed by atoms with Crippen molar-refractivity contribution in [2.45, 2.75) is 129 Å². The van der Waals surface area contributed by atoms with Crippen molar-refractivity contribution in [3.05, 3.63) is 96.6 Å². The molecule has 3 aromatic carbocycles. The van der Waals surface area contributed by atoms with Crippen molar-refractivity contribution in [1.29, 1.82) is 0 Å². The topological polar surface area (TPSA) is 57.2 Å². The Morgan fingerprint density at radius 3 is 1.69 bits per heavy atom. The quantitative estimate of drug-likeness (QED) is 0.187. The van der Waals surface area contributed by atoms with Gasteiger partial charge in [-0.3, -0.25) is 4.90 Å². The van der Waals surface area contributed by atoms with Crippen LogP contribution in [0.15, 0.2) is 91.0 Å². The summed E-state index contributed by atoms with van der Waals surface area (Å²) in [5.41, 5.74) is 0.441. The zero-order valence-corrected chi connectivity index (χ0v) is 33.9. The number of carbonyl (C=O) groups is 1. The Morgan fingerprint density at radius 1 is 0.714 bits per heavy atom. The van der Waals surface area contributed by atoms with Crippen LogP contribution in [-0.2, 0) is 24.9 Å². The lowest BCUT2D eigenvalue weighted by atomic mass is 9.94. The third-order valence-electron chi connectivity index (χ3n) is 10.2. The Labute approximate surface area is 298 Å². The molecule has 0 unspecified atom stereocenters. The van der Waals surface area contributed by atoms with Gasteiger partial charge in [-0.25, -0.2) is 4.79 Å². The van der Waals surface area contributed by atoms with Crippen LogP contribution in [-0.4, -0.2) is 64.6 Å². The highest BCUT2D eigenvalue weighted by molar-refractivity contribution is 6.99. The van der Waals surface area contributed by atoms with E-state index in [1.807, 2.05) is 43.9 Å². The molecule has 8 heteroatoms. The Bertz CT molecular complexity index is 1420. The lowest BCUT2D eigenvalue weighted by molar-refractivity contribution is -0.0687. The van der Waals surface area contributed by atoms with Crippen LogP contribution in [0.1, 0.15) is 80.7 Å². The molecule has 0 saturated carbocycles. The molecule has 0 bridgehead atoms. The summed E-state index contributed by atoms with van der Waals surface area (Å²) in [6.45, 7) is 25.2. The van der Waals surface area contributed by atoms with E-state index in [9.17, 15) is 4.79 Å². The Kier molecular flexibility index (Phi) is 12.5. The van der Waals surface area contributed by atoms with E-state index >= 15 is 0 Å². The van der Waals surface area contributed by atoms with E-state index in [0.717, 1.165) is 18.4 Å². The van der Waals surface area contributed by atoms with Gasteiger partial charge < -0.3 is 18.3 Å². The average molecular weight is 704 g/mol. The number of benzene rings is 3. The van der Waals surface area contributed by atoms with E-state index in [0.29, 0.717) is 19.8 Å². The van der Waals surface area contributed by atoms with Crippen LogP contribution >= 0.6 is 0 Å². The lowest BCUT2D eigenvalue weighted by Crippen LogP contribution is -2.71. The molecule has 4 rings (SSSR count). The summed E-state index contributed by atoms with van der Waals surface area (Å²) >= 11 is 0. The summed E-state index contributed by atoms with van der Waals surface area (Å²) in [6, 6.07) is 31.1. The first kappa shape index (κ1) is 39.0.